The van der Waals surface area contributed by atoms with Gasteiger partial charge in [-0.1, -0.05) is 76.4 Å². The molecule has 60 heavy (non-hydrogen) atoms. The highest BCUT2D eigenvalue weighted by Gasteiger charge is 2.26. The van der Waals surface area contributed by atoms with Gasteiger partial charge in [0.05, 0.1) is 53.6 Å². The first-order chi connectivity index (χ1) is 28.9. The van der Waals surface area contributed by atoms with Gasteiger partial charge < -0.3 is 30.2 Å². The van der Waals surface area contributed by atoms with E-state index < -0.39 is 53.0 Å². The summed E-state index contributed by atoms with van der Waals surface area (Å²) in [5, 5.41) is 7.66. The molecule has 4 aromatic carbocycles. The van der Waals surface area contributed by atoms with Crippen molar-refractivity contribution < 1.29 is 57.4 Å². The zero-order valence-corrected chi connectivity index (χ0v) is 33.4. The average Bonchev–Trinajstić information content (AvgIpc) is 3.26. The van der Waals surface area contributed by atoms with Crippen molar-refractivity contribution in [3.05, 3.63) is 124 Å². The third-order valence-corrected chi connectivity index (χ3v) is 8.73. The lowest BCUT2D eigenvalue weighted by molar-refractivity contribution is -0.138. The largest absolute Gasteiger partial charge is 0.460 e. The number of nitrogens with one attached hydrogen (secondary N) is 3. The Morgan fingerprint density at radius 3 is 0.900 bits per heavy atom. The van der Waals surface area contributed by atoms with Crippen LogP contribution in [-0.4, -0.2) is 72.8 Å². The van der Waals surface area contributed by atoms with Crippen LogP contribution in [0.2, 0.25) is 0 Å². The lowest BCUT2D eigenvalue weighted by Crippen LogP contribution is -2.24. The van der Waals surface area contributed by atoms with Crippen molar-refractivity contribution in [2.24, 2.45) is 0 Å². The number of esters is 3. The molecule has 0 bridgehead atoms. The minimum absolute atomic E-state index is 0.0264. The maximum Gasteiger partial charge on any atom is 0.379 e. The SMILES string of the molecule is CCCCOC(=O)C(=O)c1ccccc1NC(=O)c1cc(C(=O)Nc2ccccc2C(=O)C(=O)OCCCC)cc(C(=O)Nc2ccccc2C(=O)C(=O)OCCCC)c1. The summed E-state index contributed by atoms with van der Waals surface area (Å²) in [5.41, 5.74) is -1.56. The fourth-order valence-corrected chi connectivity index (χ4v) is 5.43. The molecule has 0 aromatic heterocycles. The van der Waals surface area contributed by atoms with Gasteiger partial charge in [0.2, 0.25) is 0 Å². The van der Waals surface area contributed by atoms with E-state index in [1.54, 1.807) is 0 Å². The summed E-state index contributed by atoms with van der Waals surface area (Å²) in [6, 6.07) is 20.5. The van der Waals surface area contributed by atoms with Gasteiger partial charge in [0.1, 0.15) is 0 Å². The van der Waals surface area contributed by atoms with Crippen molar-refractivity contribution in [1.29, 1.82) is 0 Å². The molecule has 0 heterocycles. The van der Waals surface area contributed by atoms with E-state index in [-0.39, 0.29) is 70.3 Å². The molecule has 4 aromatic rings. The highest BCUT2D eigenvalue weighted by molar-refractivity contribution is 6.43. The first-order valence-corrected chi connectivity index (χ1v) is 19.4. The molecule has 15 nitrogen and oxygen atoms in total. The molecule has 0 spiro atoms. The van der Waals surface area contributed by atoms with Crippen LogP contribution >= 0.6 is 0 Å². The monoisotopic (exact) mass is 819 g/mol. The van der Waals surface area contributed by atoms with Gasteiger partial charge in [0.25, 0.3) is 35.1 Å². The summed E-state index contributed by atoms with van der Waals surface area (Å²) >= 11 is 0. The van der Waals surface area contributed by atoms with Crippen LogP contribution in [0.3, 0.4) is 0 Å². The Bertz CT molecular complexity index is 2020. The van der Waals surface area contributed by atoms with Gasteiger partial charge in [0, 0.05) is 16.7 Å². The number of amides is 3. The lowest BCUT2D eigenvalue weighted by Gasteiger charge is -2.14. The zero-order valence-electron chi connectivity index (χ0n) is 33.4. The molecule has 3 amide bonds. The zero-order chi connectivity index (χ0) is 43.6. The van der Waals surface area contributed by atoms with E-state index in [0.29, 0.717) is 19.3 Å². The molecule has 4 rings (SSSR count). The van der Waals surface area contributed by atoms with Crippen LogP contribution in [0.5, 0.6) is 0 Å². The van der Waals surface area contributed by atoms with Gasteiger partial charge in [-0.15, -0.1) is 0 Å². The summed E-state index contributed by atoms with van der Waals surface area (Å²) in [6.07, 6.45) is 3.79. The second-order valence-electron chi connectivity index (χ2n) is 13.3. The van der Waals surface area contributed by atoms with E-state index in [9.17, 15) is 43.2 Å². The van der Waals surface area contributed by atoms with Crippen LogP contribution in [0.25, 0.3) is 0 Å². The Morgan fingerprint density at radius 2 is 0.650 bits per heavy atom. The topological polar surface area (TPSA) is 217 Å². The highest BCUT2D eigenvalue weighted by atomic mass is 16.5. The molecule has 0 radical (unpaired) electrons. The summed E-state index contributed by atoms with van der Waals surface area (Å²) < 4.78 is 15.2. The number of anilines is 3. The second kappa shape index (κ2) is 22.6. The first-order valence-electron chi connectivity index (χ1n) is 19.4. The van der Waals surface area contributed by atoms with Crippen LogP contribution in [-0.2, 0) is 28.6 Å². The smallest absolute Gasteiger partial charge is 0.379 e. The van der Waals surface area contributed by atoms with Crippen LogP contribution in [0, 0.1) is 0 Å². The maximum absolute atomic E-state index is 13.9. The number of ether oxygens (including phenoxy) is 3. The summed E-state index contributed by atoms with van der Waals surface area (Å²) in [6.45, 7) is 5.73. The van der Waals surface area contributed by atoms with Crippen molar-refractivity contribution in [3.63, 3.8) is 0 Å². The molecule has 0 saturated carbocycles. The van der Waals surface area contributed by atoms with E-state index in [1.165, 1.54) is 72.8 Å². The van der Waals surface area contributed by atoms with Crippen molar-refractivity contribution in [2.75, 3.05) is 35.8 Å². The quantitative estimate of drug-likeness (QED) is 0.0254. The van der Waals surface area contributed by atoms with E-state index in [0.717, 1.165) is 37.5 Å². The number of ketones is 3. The van der Waals surface area contributed by atoms with Crippen LogP contribution in [0.1, 0.15) is 121 Å². The van der Waals surface area contributed by atoms with Crippen LogP contribution in [0.15, 0.2) is 91.0 Å². The van der Waals surface area contributed by atoms with Gasteiger partial charge in [0.15, 0.2) is 0 Å². The molecule has 0 fully saturated rings. The lowest BCUT2D eigenvalue weighted by atomic mass is 10.0. The fraction of sp³-hybridized carbons (Fsp3) is 0.267. The number of para-hydroxylation sites is 3. The number of carbonyl (C=O) groups excluding carboxylic acids is 9. The Kier molecular flexibility index (Phi) is 17.1. The molecular formula is C45H45N3O12. The number of hydrogen-bond donors (Lipinski definition) is 3. The minimum atomic E-state index is -1.12. The molecule has 0 aliphatic rings. The van der Waals surface area contributed by atoms with Gasteiger partial charge in [-0.25, -0.2) is 14.4 Å². The Hall–Kier alpha value is -7.29. The van der Waals surface area contributed by atoms with Crippen molar-refractivity contribution >= 4 is 70.0 Å². The number of hydrogen-bond acceptors (Lipinski definition) is 12. The van der Waals surface area contributed by atoms with Crippen LogP contribution in [0.4, 0.5) is 17.1 Å². The number of benzene rings is 4. The van der Waals surface area contributed by atoms with E-state index >= 15 is 0 Å². The first kappa shape index (κ1) is 45.4. The third-order valence-electron chi connectivity index (χ3n) is 8.73. The van der Waals surface area contributed by atoms with Crippen molar-refractivity contribution in [1.82, 2.24) is 0 Å². The fourth-order valence-electron chi connectivity index (χ4n) is 5.43. The second-order valence-corrected chi connectivity index (χ2v) is 13.3. The molecule has 0 saturated heterocycles. The molecule has 312 valence electrons. The Labute approximate surface area is 346 Å². The van der Waals surface area contributed by atoms with Crippen molar-refractivity contribution in [3.8, 4) is 0 Å². The normalized spacial score (nSPS) is 10.4. The summed E-state index contributed by atoms with van der Waals surface area (Å²) in [5.74, 6) is -9.13. The van der Waals surface area contributed by atoms with E-state index in [2.05, 4.69) is 16.0 Å². The molecule has 15 heteroatoms. The molecule has 0 aliphatic carbocycles. The van der Waals surface area contributed by atoms with Gasteiger partial charge >= 0.3 is 17.9 Å². The van der Waals surface area contributed by atoms with E-state index in [4.69, 9.17) is 14.2 Å². The average molecular weight is 820 g/mol. The number of rotatable bonds is 21. The summed E-state index contributed by atoms with van der Waals surface area (Å²) in [7, 11) is 0. The minimum Gasteiger partial charge on any atom is -0.460 e. The molecular weight excluding hydrogens is 775 g/mol. The Balaban J connectivity index is 1.71. The van der Waals surface area contributed by atoms with Crippen LogP contribution < -0.4 is 16.0 Å². The van der Waals surface area contributed by atoms with Gasteiger partial charge in [-0.05, 0) is 73.9 Å². The molecule has 0 aliphatic heterocycles. The van der Waals surface area contributed by atoms with E-state index in [1.807, 2.05) is 20.8 Å². The standard InChI is InChI=1S/C45H45N3O12/c1-4-7-22-58-43(55)37(49)31-16-10-13-19-34(31)46-40(52)28-25-29(41(53)47-35-20-14-11-17-32(35)38(50)44(56)59-23-8-5-2)27-30(26-28)42(54)48-36-21-15-12-18-33(36)39(51)45(57)60-24-9-6-3/h10-21,25-27H,4-9,22-24H2,1-3H3,(H,46,52)(H,47,53)(H,48,54). The third kappa shape index (κ3) is 12.4. The Morgan fingerprint density at radius 1 is 0.400 bits per heavy atom. The maximum atomic E-state index is 13.9. The molecule has 0 atom stereocenters. The van der Waals surface area contributed by atoms with Crippen molar-refractivity contribution in [2.45, 2.75) is 59.3 Å². The van der Waals surface area contributed by atoms with Gasteiger partial charge in [-0.3, -0.25) is 28.8 Å². The predicted molar refractivity (Wildman–Crippen MR) is 220 cm³/mol. The number of unbranched alkanes of at least 4 members (excludes halogenated alkanes) is 3. The number of carbonyl (C=O) groups is 9. The molecule has 3 N–H and O–H groups in total. The summed E-state index contributed by atoms with van der Waals surface area (Å²) in [4.78, 5) is 118. The molecule has 0 unspecified atom stereocenters. The number of Topliss-reactive ketones (excluding diaryl/α,β-unsaturated/α-hetero) is 3. The highest BCUT2D eigenvalue weighted by Crippen LogP contribution is 2.23. The predicted octanol–water partition coefficient (Wildman–Crippen LogP) is 7.02. The van der Waals surface area contributed by atoms with Gasteiger partial charge in [-0.2, -0.15) is 0 Å².